The quantitative estimate of drug-likeness (QED) is 0.546. The van der Waals surface area contributed by atoms with Crippen molar-refractivity contribution in [2.45, 2.75) is 19.3 Å². The summed E-state index contributed by atoms with van der Waals surface area (Å²) in [6.45, 7) is 1.97. The zero-order valence-electron chi connectivity index (χ0n) is 15.0. The van der Waals surface area contributed by atoms with Gasteiger partial charge in [0.2, 0.25) is 5.95 Å². The molecule has 0 aliphatic carbocycles. The molecule has 0 atom stereocenters. The Balaban J connectivity index is 1.64. The van der Waals surface area contributed by atoms with Crippen LogP contribution < -0.4 is 10.5 Å². The Labute approximate surface area is 156 Å². The fourth-order valence-electron chi connectivity index (χ4n) is 3.87. The molecule has 0 bridgehead atoms. The number of nitrogens with zero attached hydrogens (tertiary/aromatic N) is 4. The van der Waals surface area contributed by atoms with Crippen molar-refractivity contribution in [3.8, 4) is 5.69 Å². The zero-order valence-corrected chi connectivity index (χ0v) is 15.0. The van der Waals surface area contributed by atoms with Crippen LogP contribution in [-0.2, 0) is 0 Å². The molecule has 0 spiro atoms. The summed E-state index contributed by atoms with van der Waals surface area (Å²) >= 11 is 0. The normalized spacial score (nSPS) is 14.7. The zero-order chi connectivity index (χ0) is 18.2. The molecule has 1 fully saturated rings. The SMILES string of the molecule is O=c1c2cnc(N3CCCCC3)nc2ccn1-c1cccc2ccccc12. The van der Waals surface area contributed by atoms with Gasteiger partial charge in [-0.05, 0) is 36.8 Å². The number of rotatable bonds is 2. The Morgan fingerprint density at radius 1 is 0.852 bits per heavy atom. The minimum Gasteiger partial charge on any atom is -0.341 e. The van der Waals surface area contributed by atoms with Crippen LogP contribution in [0.3, 0.4) is 0 Å². The van der Waals surface area contributed by atoms with Crippen LogP contribution >= 0.6 is 0 Å². The molecule has 0 amide bonds. The minimum atomic E-state index is -0.0888. The Kier molecular flexibility index (Phi) is 3.85. The second-order valence-corrected chi connectivity index (χ2v) is 7.01. The van der Waals surface area contributed by atoms with E-state index in [1.807, 2.05) is 42.6 Å². The van der Waals surface area contributed by atoms with Crippen LogP contribution in [0.4, 0.5) is 5.95 Å². The fourth-order valence-corrected chi connectivity index (χ4v) is 3.87. The second-order valence-electron chi connectivity index (χ2n) is 7.01. The molecule has 1 saturated heterocycles. The molecule has 5 rings (SSSR count). The van der Waals surface area contributed by atoms with Gasteiger partial charge in [-0.2, -0.15) is 0 Å². The Morgan fingerprint density at radius 3 is 2.56 bits per heavy atom. The maximum Gasteiger partial charge on any atom is 0.266 e. The lowest BCUT2D eigenvalue weighted by Crippen LogP contribution is -2.31. The van der Waals surface area contributed by atoms with Crippen LogP contribution in [0.5, 0.6) is 0 Å². The highest BCUT2D eigenvalue weighted by molar-refractivity contribution is 5.90. The highest BCUT2D eigenvalue weighted by Crippen LogP contribution is 2.22. The molecule has 5 nitrogen and oxygen atoms in total. The summed E-state index contributed by atoms with van der Waals surface area (Å²) in [5.41, 5.74) is 1.49. The van der Waals surface area contributed by atoms with Gasteiger partial charge >= 0.3 is 0 Å². The first-order valence-corrected chi connectivity index (χ1v) is 9.43. The van der Waals surface area contributed by atoms with Gasteiger partial charge < -0.3 is 4.90 Å². The van der Waals surface area contributed by atoms with Crippen LogP contribution in [0.2, 0.25) is 0 Å². The van der Waals surface area contributed by atoms with E-state index in [2.05, 4.69) is 27.0 Å². The Morgan fingerprint density at radius 2 is 1.67 bits per heavy atom. The van der Waals surface area contributed by atoms with Crippen molar-refractivity contribution >= 4 is 27.6 Å². The van der Waals surface area contributed by atoms with E-state index in [4.69, 9.17) is 0 Å². The molecule has 2 aromatic carbocycles. The van der Waals surface area contributed by atoms with Crippen molar-refractivity contribution in [3.63, 3.8) is 0 Å². The monoisotopic (exact) mass is 356 g/mol. The molecule has 2 aromatic heterocycles. The van der Waals surface area contributed by atoms with Gasteiger partial charge in [-0.15, -0.1) is 0 Å². The first-order valence-electron chi connectivity index (χ1n) is 9.43. The van der Waals surface area contributed by atoms with Crippen molar-refractivity contribution < 1.29 is 0 Å². The molecule has 27 heavy (non-hydrogen) atoms. The highest BCUT2D eigenvalue weighted by Gasteiger charge is 2.15. The lowest BCUT2D eigenvalue weighted by atomic mass is 10.1. The second kappa shape index (κ2) is 6.50. The van der Waals surface area contributed by atoms with E-state index >= 15 is 0 Å². The van der Waals surface area contributed by atoms with Crippen LogP contribution in [0, 0.1) is 0 Å². The van der Waals surface area contributed by atoms with Gasteiger partial charge in [0.15, 0.2) is 0 Å². The van der Waals surface area contributed by atoms with Crippen molar-refractivity contribution in [3.05, 3.63) is 71.3 Å². The van der Waals surface area contributed by atoms with Gasteiger partial charge in [0.05, 0.1) is 16.6 Å². The predicted octanol–water partition coefficient (Wildman–Crippen LogP) is 3.92. The largest absolute Gasteiger partial charge is 0.341 e. The number of benzene rings is 2. The van der Waals surface area contributed by atoms with E-state index in [9.17, 15) is 4.79 Å². The van der Waals surface area contributed by atoms with E-state index in [0.29, 0.717) is 10.9 Å². The third-order valence-corrected chi connectivity index (χ3v) is 5.30. The average molecular weight is 356 g/mol. The standard InChI is InChI=1S/C22H20N4O/c27-21-18-15-23-22(25-12-4-1-5-13-25)24-19(18)11-14-26(21)20-10-6-8-16-7-2-3-9-17(16)20/h2-3,6-11,14-15H,1,4-5,12-13H2. The summed E-state index contributed by atoms with van der Waals surface area (Å²) in [7, 11) is 0. The third kappa shape index (κ3) is 2.76. The van der Waals surface area contributed by atoms with Crippen LogP contribution in [0.1, 0.15) is 19.3 Å². The number of fused-ring (bicyclic) bond motifs is 2. The maximum atomic E-state index is 13.1. The summed E-state index contributed by atoms with van der Waals surface area (Å²) in [6.07, 6.45) is 7.10. The van der Waals surface area contributed by atoms with Gasteiger partial charge in [0, 0.05) is 30.9 Å². The van der Waals surface area contributed by atoms with E-state index in [-0.39, 0.29) is 5.56 Å². The highest BCUT2D eigenvalue weighted by atomic mass is 16.1. The van der Waals surface area contributed by atoms with Crippen LogP contribution in [0.15, 0.2) is 65.7 Å². The molecule has 0 saturated carbocycles. The number of hydrogen-bond donors (Lipinski definition) is 0. The smallest absolute Gasteiger partial charge is 0.266 e. The summed E-state index contributed by atoms with van der Waals surface area (Å²) in [4.78, 5) is 24.5. The minimum absolute atomic E-state index is 0.0888. The fraction of sp³-hybridized carbons (Fsp3) is 0.227. The van der Waals surface area contributed by atoms with E-state index in [1.165, 1.54) is 19.3 Å². The molecule has 0 N–H and O–H groups in total. The molecule has 5 heteroatoms. The van der Waals surface area contributed by atoms with Gasteiger partial charge in [-0.3, -0.25) is 9.36 Å². The first-order chi connectivity index (χ1) is 13.3. The topological polar surface area (TPSA) is 51.0 Å². The van der Waals surface area contributed by atoms with Crippen molar-refractivity contribution in [2.75, 3.05) is 18.0 Å². The van der Waals surface area contributed by atoms with Gasteiger partial charge in [-0.25, -0.2) is 9.97 Å². The predicted molar refractivity (Wildman–Crippen MR) is 109 cm³/mol. The molecule has 3 heterocycles. The maximum absolute atomic E-state index is 13.1. The van der Waals surface area contributed by atoms with Gasteiger partial charge in [0.25, 0.3) is 5.56 Å². The molecule has 1 aliphatic heterocycles. The first kappa shape index (κ1) is 16.0. The summed E-state index contributed by atoms with van der Waals surface area (Å²) < 4.78 is 1.69. The van der Waals surface area contributed by atoms with Crippen molar-refractivity contribution in [1.29, 1.82) is 0 Å². The van der Waals surface area contributed by atoms with E-state index in [1.54, 1.807) is 10.8 Å². The number of aromatic nitrogens is 3. The van der Waals surface area contributed by atoms with Gasteiger partial charge in [-0.1, -0.05) is 36.4 Å². The summed E-state index contributed by atoms with van der Waals surface area (Å²) in [5.74, 6) is 0.726. The molecular weight excluding hydrogens is 336 g/mol. The van der Waals surface area contributed by atoms with Crippen molar-refractivity contribution in [2.24, 2.45) is 0 Å². The molecular formula is C22H20N4O. The Bertz CT molecular complexity index is 1190. The lowest BCUT2D eigenvalue weighted by Gasteiger charge is -2.26. The molecule has 0 unspecified atom stereocenters. The number of piperidine rings is 1. The lowest BCUT2D eigenvalue weighted by molar-refractivity contribution is 0.569. The summed E-state index contributed by atoms with van der Waals surface area (Å²) in [6, 6.07) is 16.0. The molecule has 0 radical (unpaired) electrons. The van der Waals surface area contributed by atoms with Crippen molar-refractivity contribution in [1.82, 2.24) is 14.5 Å². The number of pyridine rings is 1. The Hall–Kier alpha value is -3.21. The molecule has 4 aromatic rings. The number of anilines is 1. The van der Waals surface area contributed by atoms with Crippen LogP contribution in [-0.4, -0.2) is 27.6 Å². The third-order valence-electron chi connectivity index (χ3n) is 5.30. The molecule has 134 valence electrons. The van der Waals surface area contributed by atoms with Crippen LogP contribution in [0.25, 0.3) is 27.4 Å². The van der Waals surface area contributed by atoms with E-state index < -0.39 is 0 Å². The average Bonchev–Trinajstić information content (AvgIpc) is 2.74. The van der Waals surface area contributed by atoms with Gasteiger partial charge in [0.1, 0.15) is 0 Å². The number of hydrogen-bond acceptors (Lipinski definition) is 4. The molecule has 1 aliphatic rings. The van der Waals surface area contributed by atoms with E-state index in [0.717, 1.165) is 35.5 Å². The summed E-state index contributed by atoms with van der Waals surface area (Å²) in [5, 5.41) is 2.71.